The molecule has 0 aromatic rings. The molecule has 0 atom stereocenters. The van der Waals surface area contributed by atoms with Crippen LogP contribution in [0, 0.1) is 0 Å². The van der Waals surface area contributed by atoms with Crippen molar-refractivity contribution in [2.45, 2.75) is 27.7 Å². The van der Waals surface area contributed by atoms with E-state index in [0.717, 1.165) is 0 Å². The van der Waals surface area contributed by atoms with Crippen LogP contribution in [0.1, 0.15) is 27.7 Å². The zero-order valence-corrected chi connectivity index (χ0v) is 7.31. The second-order valence-corrected chi connectivity index (χ2v) is 2.35. The highest BCUT2D eigenvalue weighted by molar-refractivity contribution is 5.29. The first-order valence-electron chi connectivity index (χ1n) is 3.65. The molecule has 0 rings (SSSR count). The molecule has 0 N–H and O–H groups in total. The van der Waals surface area contributed by atoms with Crippen molar-refractivity contribution in [2.24, 2.45) is 0 Å². The van der Waals surface area contributed by atoms with Gasteiger partial charge < -0.3 is 0 Å². The van der Waals surface area contributed by atoms with Crippen LogP contribution in [0.4, 0.5) is 0 Å². The summed E-state index contributed by atoms with van der Waals surface area (Å²) in [5.74, 6) is 0. The Morgan fingerprint density at radius 1 is 1.00 bits per heavy atom. The molecule has 0 heterocycles. The molecule has 0 aliphatic heterocycles. The van der Waals surface area contributed by atoms with E-state index in [2.05, 4.69) is 39.0 Å². The smallest absolute Gasteiger partial charge is 0.0395 e. The van der Waals surface area contributed by atoms with E-state index in [4.69, 9.17) is 0 Å². The first-order chi connectivity index (χ1) is 4.72. The molecular formula is C10H16. The summed E-state index contributed by atoms with van der Waals surface area (Å²) in [7, 11) is 0. The maximum atomic E-state index is 2.12. The lowest BCUT2D eigenvalue weighted by atomic mass is 10.1. The van der Waals surface area contributed by atoms with Crippen molar-refractivity contribution in [3.63, 3.8) is 0 Å². The molecule has 0 bridgehead atoms. The molecule has 0 saturated heterocycles. The average molecular weight is 136 g/mol. The van der Waals surface area contributed by atoms with Crippen molar-refractivity contribution < 1.29 is 0 Å². The minimum atomic E-state index is 1.33. The van der Waals surface area contributed by atoms with E-state index in [0.29, 0.717) is 0 Å². The molecule has 0 aromatic carbocycles. The molecule has 0 nitrogen and oxygen atoms in total. The first-order valence-corrected chi connectivity index (χ1v) is 3.65. The fraction of sp³-hybridized carbons (Fsp3) is 0.400. The lowest BCUT2D eigenvalue weighted by molar-refractivity contribution is 1.33. The number of allylic oxidation sites excluding steroid dienone is 6. The van der Waals surface area contributed by atoms with Crippen LogP contribution in [0.3, 0.4) is 0 Å². The van der Waals surface area contributed by atoms with Crippen LogP contribution in [0.2, 0.25) is 0 Å². The second kappa shape index (κ2) is 5.04. The summed E-state index contributed by atoms with van der Waals surface area (Å²) in [5.41, 5.74) is 2.68. The van der Waals surface area contributed by atoms with Gasteiger partial charge in [0, 0.05) is 0 Å². The Labute approximate surface area is 64.0 Å². The summed E-state index contributed by atoms with van der Waals surface area (Å²) in [5, 5.41) is 0. The molecule has 10 heavy (non-hydrogen) atoms. The Balaban J connectivity index is 4.19. The van der Waals surface area contributed by atoms with Crippen molar-refractivity contribution >= 4 is 0 Å². The minimum Gasteiger partial charge on any atom is -0.0877 e. The predicted molar refractivity (Wildman–Crippen MR) is 48.0 cm³/mol. The maximum absolute atomic E-state index is 2.12. The Hall–Kier alpha value is -0.780. The van der Waals surface area contributed by atoms with Gasteiger partial charge in [-0.05, 0) is 33.3 Å². The Bertz CT molecular complexity index is 168. The summed E-state index contributed by atoms with van der Waals surface area (Å²) in [6.45, 7) is 8.32. The minimum absolute atomic E-state index is 1.33. The van der Waals surface area contributed by atoms with E-state index in [1.807, 2.05) is 13.0 Å². The maximum Gasteiger partial charge on any atom is -0.0395 e. The number of hydrogen-bond donors (Lipinski definition) is 0. The van der Waals surface area contributed by atoms with Gasteiger partial charge in [-0.1, -0.05) is 29.9 Å². The van der Waals surface area contributed by atoms with Gasteiger partial charge in [0.2, 0.25) is 0 Å². The van der Waals surface area contributed by atoms with Crippen LogP contribution in [0.15, 0.2) is 35.5 Å². The lowest BCUT2D eigenvalue weighted by Crippen LogP contribution is -1.75. The molecule has 0 aliphatic rings. The van der Waals surface area contributed by atoms with Crippen LogP contribution in [0.5, 0.6) is 0 Å². The summed E-state index contributed by atoms with van der Waals surface area (Å²) < 4.78 is 0. The first kappa shape index (κ1) is 9.22. The zero-order chi connectivity index (χ0) is 7.98. The van der Waals surface area contributed by atoms with E-state index in [1.54, 1.807) is 0 Å². The van der Waals surface area contributed by atoms with E-state index in [1.165, 1.54) is 11.1 Å². The van der Waals surface area contributed by atoms with Crippen molar-refractivity contribution in [1.82, 2.24) is 0 Å². The highest BCUT2D eigenvalue weighted by atomic mass is 13.9. The van der Waals surface area contributed by atoms with Crippen molar-refractivity contribution in [2.75, 3.05) is 0 Å². The van der Waals surface area contributed by atoms with Gasteiger partial charge in [-0.2, -0.15) is 0 Å². The zero-order valence-electron chi connectivity index (χ0n) is 7.31. The predicted octanol–water partition coefficient (Wildman–Crippen LogP) is 3.48. The molecule has 0 radical (unpaired) electrons. The van der Waals surface area contributed by atoms with Gasteiger partial charge in [0.1, 0.15) is 0 Å². The van der Waals surface area contributed by atoms with Crippen molar-refractivity contribution in [1.29, 1.82) is 0 Å². The number of rotatable bonds is 2. The monoisotopic (exact) mass is 136 g/mol. The second-order valence-electron chi connectivity index (χ2n) is 2.35. The van der Waals surface area contributed by atoms with Crippen LogP contribution >= 0.6 is 0 Å². The van der Waals surface area contributed by atoms with Crippen LogP contribution < -0.4 is 0 Å². The molecule has 0 amide bonds. The van der Waals surface area contributed by atoms with Gasteiger partial charge in [0.25, 0.3) is 0 Å². The lowest BCUT2D eigenvalue weighted by Gasteiger charge is -1.96. The van der Waals surface area contributed by atoms with Gasteiger partial charge in [0.05, 0.1) is 0 Å². The van der Waals surface area contributed by atoms with Crippen LogP contribution in [-0.2, 0) is 0 Å². The van der Waals surface area contributed by atoms with Gasteiger partial charge in [0.15, 0.2) is 0 Å². The van der Waals surface area contributed by atoms with Crippen LogP contribution in [-0.4, -0.2) is 0 Å². The highest BCUT2D eigenvalue weighted by Crippen LogP contribution is 2.06. The van der Waals surface area contributed by atoms with Crippen LogP contribution in [0.25, 0.3) is 0 Å². The third-order valence-corrected chi connectivity index (χ3v) is 1.59. The molecule has 0 saturated carbocycles. The van der Waals surface area contributed by atoms with Gasteiger partial charge in [-0.15, -0.1) is 0 Å². The fourth-order valence-corrected chi connectivity index (χ4v) is 0.600. The summed E-state index contributed by atoms with van der Waals surface area (Å²) >= 11 is 0. The van der Waals surface area contributed by atoms with Gasteiger partial charge >= 0.3 is 0 Å². The molecule has 0 heteroatoms. The molecule has 0 fully saturated rings. The van der Waals surface area contributed by atoms with Crippen molar-refractivity contribution in [3.8, 4) is 0 Å². The highest BCUT2D eigenvalue weighted by Gasteiger charge is 1.86. The Kier molecular flexibility index (Phi) is 4.65. The van der Waals surface area contributed by atoms with E-state index >= 15 is 0 Å². The topological polar surface area (TPSA) is 0 Å². The molecular weight excluding hydrogens is 120 g/mol. The summed E-state index contributed by atoms with van der Waals surface area (Å²) in [4.78, 5) is 0. The third kappa shape index (κ3) is 3.29. The SMILES string of the molecule is C\C=C/C=C(C)/C(C)=C\C. The Morgan fingerprint density at radius 3 is 2.00 bits per heavy atom. The molecule has 0 aliphatic carbocycles. The quantitative estimate of drug-likeness (QED) is 0.510. The average Bonchev–Trinajstić information content (AvgIpc) is 1.98. The largest absolute Gasteiger partial charge is 0.0877 e. The Morgan fingerprint density at radius 2 is 1.60 bits per heavy atom. The molecule has 0 spiro atoms. The third-order valence-electron chi connectivity index (χ3n) is 1.59. The van der Waals surface area contributed by atoms with Gasteiger partial charge in [-0.25, -0.2) is 0 Å². The van der Waals surface area contributed by atoms with E-state index in [-0.39, 0.29) is 0 Å². The fourth-order valence-electron chi connectivity index (χ4n) is 0.600. The van der Waals surface area contributed by atoms with E-state index < -0.39 is 0 Å². The number of hydrogen-bond acceptors (Lipinski definition) is 0. The molecule has 0 aromatic heterocycles. The molecule has 56 valence electrons. The molecule has 0 unspecified atom stereocenters. The standard InChI is InChI=1S/C10H16/c1-5-7-8-10(4)9(3)6-2/h5-8H,1-4H3/b7-5-,9-6-,10-8+. The normalized spacial score (nSPS) is 14.8. The van der Waals surface area contributed by atoms with Crippen molar-refractivity contribution in [3.05, 3.63) is 35.5 Å². The summed E-state index contributed by atoms with van der Waals surface area (Å²) in [6.07, 6.45) is 8.33. The van der Waals surface area contributed by atoms with E-state index in [9.17, 15) is 0 Å². The summed E-state index contributed by atoms with van der Waals surface area (Å²) in [6, 6.07) is 0. The van der Waals surface area contributed by atoms with Gasteiger partial charge in [-0.3, -0.25) is 0 Å².